The van der Waals surface area contributed by atoms with E-state index < -0.39 is 5.54 Å². The van der Waals surface area contributed by atoms with Gasteiger partial charge in [-0.15, -0.1) is 0 Å². The van der Waals surface area contributed by atoms with Gasteiger partial charge in [-0.25, -0.2) is 0 Å². The molecule has 0 radical (unpaired) electrons. The molecule has 1 amide bonds. The van der Waals surface area contributed by atoms with Crippen LogP contribution in [0.1, 0.15) is 48.7 Å². The summed E-state index contributed by atoms with van der Waals surface area (Å²) in [6.07, 6.45) is 4.75. The summed E-state index contributed by atoms with van der Waals surface area (Å²) in [4.78, 5) is 12.1. The van der Waals surface area contributed by atoms with E-state index in [1.54, 1.807) is 6.92 Å². The molecule has 0 unspecified atom stereocenters. The molecule has 1 aliphatic rings. The number of rotatable bonds is 2. The van der Waals surface area contributed by atoms with Gasteiger partial charge in [0, 0.05) is 0 Å². The smallest absolute Gasteiger partial charge is 0.257 e. The molecule has 1 fully saturated rings. The highest BCUT2D eigenvalue weighted by atomic mass is 16.5. The minimum Gasteiger partial charge on any atom is -0.361 e. The molecule has 1 aromatic rings. The third-order valence-electron chi connectivity index (χ3n) is 3.69. The number of aromatic nitrogens is 1. The van der Waals surface area contributed by atoms with E-state index >= 15 is 0 Å². The molecule has 1 aliphatic carbocycles. The van der Waals surface area contributed by atoms with Crippen molar-refractivity contribution in [2.24, 2.45) is 5.92 Å². The van der Waals surface area contributed by atoms with E-state index in [1.165, 1.54) is 6.20 Å². The van der Waals surface area contributed by atoms with Crippen LogP contribution in [-0.2, 0) is 0 Å². The normalized spacial score (nSPS) is 27.5. The summed E-state index contributed by atoms with van der Waals surface area (Å²) in [7, 11) is 0. The predicted molar refractivity (Wildman–Crippen MR) is 64.7 cm³/mol. The Kier molecular flexibility index (Phi) is 3.37. The Bertz CT molecular complexity index is 479. The van der Waals surface area contributed by atoms with Crippen LogP contribution >= 0.6 is 0 Å². The van der Waals surface area contributed by atoms with Crippen LogP contribution in [0.5, 0.6) is 0 Å². The van der Waals surface area contributed by atoms with E-state index in [4.69, 9.17) is 4.52 Å². The van der Waals surface area contributed by atoms with Crippen LogP contribution in [0, 0.1) is 24.2 Å². The van der Waals surface area contributed by atoms with Crippen molar-refractivity contribution in [1.82, 2.24) is 10.5 Å². The zero-order valence-corrected chi connectivity index (χ0v) is 10.7. The first-order chi connectivity index (χ1) is 8.56. The fourth-order valence-corrected chi connectivity index (χ4v) is 2.32. The van der Waals surface area contributed by atoms with Crippen LogP contribution < -0.4 is 5.32 Å². The van der Waals surface area contributed by atoms with Crippen molar-refractivity contribution in [2.45, 2.75) is 45.1 Å². The third-order valence-corrected chi connectivity index (χ3v) is 3.69. The number of hydrogen-bond acceptors (Lipinski definition) is 4. The summed E-state index contributed by atoms with van der Waals surface area (Å²) in [6, 6.07) is 2.27. The Hall–Kier alpha value is -1.83. The molecule has 0 atom stereocenters. The number of nitrogens with one attached hydrogen (secondary N) is 1. The number of amides is 1. The Labute approximate surface area is 106 Å². The molecular formula is C13H17N3O2. The maximum Gasteiger partial charge on any atom is 0.257 e. The molecule has 2 rings (SSSR count). The highest BCUT2D eigenvalue weighted by Gasteiger charge is 2.36. The average molecular weight is 247 g/mol. The van der Waals surface area contributed by atoms with E-state index in [9.17, 15) is 10.1 Å². The monoisotopic (exact) mass is 247 g/mol. The van der Waals surface area contributed by atoms with Crippen molar-refractivity contribution in [3.8, 4) is 6.07 Å². The molecule has 0 bridgehead atoms. The maximum atomic E-state index is 12.1. The van der Waals surface area contributed by atoms with Crippen LogP contribution in [-0.4, -0.2) is 16.6 Å². The molecule has 0 aliphatic heterocycles. The minimum absolute atomic E-state index is 0.273. The van der Waals surface area contributed by atoms with E-state index in [-0.39, 0.29) is 5.91 Å². The largest absolute Gasteiger partial charge is 0.361 e. The van der Waals surface area contributed by atoms with E-state index in [0.717, 1.165) is 12.8 Å². The summed E-state index contributed by atoms with van der Waals surface area (Å²) in [5.74, 6) is 0.829. The quantitative estimate of drug-likeness (QED) is 0.868. The lowest BCUT2D eigenvalue weighted by molar-refractivity contribution is 0.0892. The van der Waals surface area contributed by atoms with Crippen molar-refractivity contribution in [3.63, 3.8) is 0 Å². The highest BCUT2D eigenvalue weighted by molar-refractivity contribution is 5.95. The molecular weight excluding hydrogens is 230 g/mol. The van der Waals surface area contributed by atoms with Gasteiger partial charge in [0.05, 0.1) is 12.3 Å². The fraction of sp³-hybridized carbons (Fsp3) is 0.615. The summed E-state index contributed by atoms with van der Waals surface area (Å²) in [5.41, 5.74) is -0.323. The average Bonchev–Trinajstić information content (AvgIpc) is 2.79. The van der Waals surface area contributed by atoms with Gasteiger partial charge in [-0.3, -0.25) is 4.79 Å². The Morgan fingerprint density at radius 1 is 1.61 bits per heavy atom. The third kappa shape index (κ3) is 2.37. The number of nitrogens with zero attached hydrogens (tertiary/aromatic N) is 2. The predicted octanol–water partition coefficient (Wildman–Crippen LogP) is 2.19. The lowest BCUT2D eigenvalue weighted by Crippen LogP contribution is -2.49. The van der Waals surface area contributed by atoms with Gasteiger partial charge in [0.15, 0.2) is 0 Å². The number of aryl methyl sites for hydroxylation is 1. The zero-order valence-electron chi connectivity index (χ0n) is 10.7. The van der Waals surface area contributed by atoms with Gasteiger partial charge in [-0.2, -0.15) is 5.26 Å². The van der Waals surface area contributed by atoms with Crippen molar-refractivity contribution in [1.29, 1.82) is 5.26 Å². The van der Waals surface area contributed by atoms with Gasteiger partial charge in [0.2, 0.25) is 0 Å². The standard InChI is InChI=1S/C13H17N3O2/c1-9-3-5-13(8-14,6-4-9)16-12(17)11-7-15-18-10(11)2/h7,9H,3-6H2,1-2H3,(H,16,17). The second kappa shape index (κ2) is 4.81. The minimum atomic E-state index is -0.729. The van der Waals surface area contributed by atoms with Crippen molar-refractivity contribution >= 4 is 5.91 Å². The molecule has 1 aromatic heterocycles. The second-order valence-corrected chi connectivity index (χ2v) is 5.13. The Morgan fingerprint density at radius 2 is 2.28 bits per heavy atom. The number of hydrogen-bond donors (Lipinski definition) is 1. The maximum absolute atomic E-state index is 12.1. The summed E-state index contributed by atoms with van der Waals surface area (Å²) in [5, 5.41) is 15.8. The van der Waals surface area contributed by atoms with Gasteiger partial charge in [-0.1, -0.05) is 12.1 Å². The SMILES string of the molecule is Cc1oncc1C(=O)NC1(C#N)CCC(C)CC1. The lowest BCUT2D eigenvalue weighted by atomic mass is 9.78. The first-order valence-corrected chi connectivity index (χ1v) is 6.21. The summed E-state index contributed by atoms with van der Waals surface area (Å²) < 4.78 is 4.86. The van der Waals surface area contributed by atoms with Crippen LogP contribution in [0.25, 0.3) is 0 Å². The highest BCUT2D eigenvalue weighted by Crippen LogP contribution is 2.31. The van der Waals surface area contributed by atoms with Gasteiger partial charge < -0.3 is 9.84 Å². The first-order valence-electron chi connectivity index (χ1n) is 6.21. The number of carbonyl (C=O) groups is 1. The van der Waals surface area contributed by atoms with Crippen LogP contribution in [0.2, 0.25) is 0 Å². The number of nitriles is 1. The molecule has 18 heavy (non-hydrogen) atoms. The van der Waals surface area contributed by atoms with E-state index in [2.05, 4.69) is 23.5 Å². The zero-order chi connectivity index (χ0) is 13.2. The Morgan fingerprint density at radius 3 is 2.78 bits per heavy atom. The van der Waals surface area contributed by atoms with Crippen molar-refractivity contribution < 1.29 is 9.32 Å². The number of carbonyl (C=O) groups excluding carboxylic acids is 1. The van der Waals surface area contributed by atoms with Crippen LogP contribution in [0.4, 0.5) is 0 Å². The molecule has 0 saturated heterocycles. The molecule has 5 nitrogen and oxygen atoms in total. The fourth-order valence-electron chi connectivity index (χ4n) is 2.32. The first kappa shape index (κ1) is 12.6. The van der Waals surface area contributed by atoms with Crippen molar-refractivity contribution in [3.05, 3.63) is 17.5 Å². The van der Waals surface area contributed by atoms with Crippen LogP contribution in [0.3, 0.4) is 0 Å². The van der Waals surface area contributed by atoms with Crippen molar-refractivity contribution in [2.75, 3.05) is 0 Å². The molecule has 1 N–H and O–H groups in total. The van der Waals surface area contributed by atoms with Gasteiger partial charge in [0.1, 0.15) is 16.9 Å². The lowest BCUT2D eigenvalue weighted by Gasteiger charge is -2.34. The van der Waals surface area contributed by atoms with E-state index in [1.807, 2.05) is 0 Å². The Balaban J connectivity index is 2.10. The van der Waals surface area contributed by atoms with Gasteiger partial charge in [0.25, 0.3) is 5.91 Å². The molecule has 96 valence electrons. The second-order valence-electron chi connectivity index (χ2n) is 5.13. The summed E-state index contributed by atoms with van der Waals surface area (Å²) in [6.45, 7) is 3.86. The topological polar surface area (TPSA) is 78.9 Å². The molecule has 0 spiro atoms. The van der Waals surface area contributed by atoms with Gasteiger partial charge >= 0.3 is 0 Å². The molecule has 1 heterocycles. The van der Waals surface area contributed by atoms with Gasteiger partial charge in [-0.05, 0) is 38.5 Å². The molecule has 5 heteroatoms. The molecule has 1 saturated carbocycles. The van der Waals surface area contributed by atoms with E-state index in [0.29, 0.717) is 30.1 Å². The summed E-state index contributed by atoms with van der Waals surface area (Å²) >= 11 is 0. The van der Waals surface area contributed by atoms with Crippen LogP contribution in [0.15, 0.2) is 10.7 Å². The molecule has 0 aromatic carbocycles.